The van der Waals surface area contributed by atoms with Crippen LogP contribution in [-0.2, 0) is 0 Å². The van der Waals surface area contributed by atoms with E-state index in [4.69, 9.17) is 4.74 Å². The summed E-state index contributed by atoms with van der Waals surface area (Å²) in [5.74, 6) is 2.21. The number of aromatic nitrogens is 2. The Kier molecular flexibility index (Phi) is 6.23. The van der Waals surface area contributed by atoms with Crippen molar-refractivity contribution in [1.29, 1.82) is 0 Å². The summed E-state index contributed by atoms with van der Waals surface area (Å²) in [7, 11) is 0. The number of nitrogens with one attached hydrogen (secondary N) is 1. The maximum atomic E-state index is 5.67. The summed E-state index contributed by atoms with van der Waals surface area (Å²) < 4.78 is 5.67. The van der Waals surface area contributed by atoms with E-state index < -0.39 is 0 Å². The third-order valence-corrected chi connectivity index (χ3v) is 3.76. The van der Waals surface area contributed by atoms with E-state index in [1.54, 1.807) is 0 Å². The van der Waals surface area contributed by atoms with E-state index in [0.717, 1.165) is 44.2 Å². The summed E-state index contributed by atoms with van der Waals surface area (Å²) in [5, 5.41) is 3.45. The molecule has 1 aliphatic rings. The monoisotopic (exact) mass is 292 g/mol. The van der Waals surface area contributed by atoms with Crippen molar-refractivity contribution in [1.82, 2.24) is 15.3 Å². The zero-order valence-electron chi connectivity index (χ0n) is 13.6. The quantitative estimate of drug-likeness (QED) is 0.836. The predicted molar refractivity (Wildman–Crippen MR) is 86.0 cm³/mol. The molecule has 0 radical (unpaired) electrons. The maximum absolute atomic E-state index is 5.67. The van der Waals surface area contributed by atoms with Gasteiger partial charge in [0.15, 0.2) is 0 Å². The van der Waals surface area contributed by atoms with Gasteiger partial charge in [-0.2, -0.15) is 4.98 Å². The molecule has 5 nitrogen and oxygen atoms in total. The standard InChI is InChI=1S/C16H28N4O/c1-4-9-21-15-10-13(3)18-16(19-15)20-8-6-7-14(12-20)11-17-5-2/h10,14,17H,4-9,11-12H2,1-3H3. The minimum Gasteiger partial charge on any atom is -0.478 e. The van der Waals surface area contributed by atoms with Crippen LogP contribution in [0.25, 0.3) is 0 Å². The van der Waals surface area contributed by atoms with Gasteiger partial charge < -0.3 is 15.0 Å². The molecule has 0 amide bonds. The lowest BCUT2D eigenvalue weighted by Crippen LogP contribution is -2.40. The van der Waals surface area contributed by atoms with Crippen LogP contribution in [-0.4, -0.2) is 42.8 Å². The average molecular weight is 292 g/mol. The molecule has 1 aliphatic heterocycles. The zero-order chi connectivity index (χ0) is 15.1. The highest BCUT2D eigenvalue weighted by Gasteiger charge is 2.22. The molecular weight excluding hydrogens is 264 g/mol. The van der Waals surface area contributed by atoms with Crippen molar-refractivity contribution in [2.75, 3.05) is 37.7 Å². The smallest absolute Gasteiger partial charge is 0.228 e. The van der Waals surface area contributed by atoms with Crippen LogP contribution in [0.2, 0.25) is 0 Å². The molecule has 1 fully saturated rings. The van der Waals surface area contributed by atoms with Crippen molar-refractivity contribution in [2.24, 2.45) is 5.92 Å². The van der Waals surface area contributed by atoms with Crippen LogP contribution in [0.5, 0.6) is 5.88 Å². The van der Waals surface area contributed by atoms with E-state index in [1.165, 1.54) is 12.8 Å². The first kappa shape index (κ1) is 16.0. The lowest BCUT2D eigenvalue weighted by molar-refractivity contribution is 0.303. The molecule has 1 N–H and O–H groups in total. The molecule has 2 rings (SSSR count). The van der Waals surface area contributed by atoms with E-state index in [9.17, 15) is 0 Å². The minimum atomic E-state index is 0.683. The van der Waals surface area contributed by atoms with Gasteiger partial charge in [-0.15, -0.1) is 0 Å². The molecule has 5 heteroatoms. The number of rotatable bonds is 7. The van der Waals surface area contributed by atoms with Gasteiger partial charge >= 0.3 is 0 Å². The van der Waals surface area contributed by atoms with Crippen molar-refractivity contribution in [3.05, 3.63) is 11.8 Å². The van der Waals surface area contributed by atoms with Gasteiger partial charge in [-0.1, -0.05) is 13.8 Å². The van der Waals surface area contributed by atoms with Crippen LogP contribution in [0, 0.1) is 12.8 Å². The fourth-order valence-corrected chi connectivity index (χ4v) is 2.71. The van der Waals surface area contributed by atoms with Gasteiger partial charge in [0, 0.05) is 24.8 Å². The van der Waals surface area contributed by atoms with E-state index >= 15 is 0 Å². The fourth-order valence-electron chi connectivity index (χ4n) is 2.71. The summed E-state index contributed by atoms with van der Waals surface area (Å²) >= 11 is 0. The predicted octanol–water partition coefficient (Wildman–Crippen LogP) is 2.40. The Morgan fingerprint density at radius 3 is 3.00 bits per heavy atom. The van der Waals surface area contributed by atoms with Gasteiger partial charge in [0.2, 0.25) is 11.8 Å². The molecule has 0 aromatic carbocycles. The first-order valence-electron chi connectivity index (χ1n) is 8.17. The van der Waals surface area contributed by atoms with Crippen LogP contribution in [0.4, 0.5) is 5.95 Å². The molecule has 1 saturated heterocycles. The molecule has 1 aromatic rings. The lowest BCUT2D eigenvalue weighted by atomic mass is 9.98. The number of aryl methyl sites for hydroxylation is 1. The SMILES string of the molecule is CCCOc1cc(C)nc(N2CCCC(CNCC)C2)n1. The molecule has 2 heterocycles. The zero-order valence-corrected chi connectivity index (χ0v) is 13.6. The van der Waals surface area contributed by atoms with Crippen molar-refractivity contribution in [3.8, 4) is 5.88 Å². The fraction of sp³-hybridized carbons (Fsp3) is 0.750. The molecule has 0 aliphatic carbocycles. The highest BCUT2D eigenvalue weighted by molar-refractivity contribution is 5.35. The maximum Gasteiger partial charge on any atom is 0.228 e. The second-order valence-corrected chi connectivity index (χ2v) is 5.76. The topological polar surface area (TPSA) is 50.3 Å². The number of ether oxygens (including phenoxy) is 1. The largest absolute Gasteiger partial charge is 0.478 e. The van der Waals surface area contributed by atoms with E-state index in [-0.39, 0.29) is 0 Å². The van der Waals surface area contributed by atoms with Crippen molar-refractivity contribution < 1.29 is 4.74 Å². The van der Waals surface area contributed by atoms with Crippen LogP contribution in [0.3, 0.4) is 0 Å². The number of nitrogens with zero attached hydrogens (tertiary/aromatic N) is 3. The van der Waals surface area contributed by atoms with Gasteiger partial charge in [-0.05, 0) is 45.2 Å². The average Bonchev–Trinajstić information content (AvgIpc) is 2.50. The number of hydrogen-bond acceptors (Lipinski definition) is 5. The van der Waals surface area contributed by atoms with Crippen molar-refractivity contribution in [2.45, 2.75) is 40.0 Å². The molecule has 1 unspecified atom stereocenters. The van der Waals surface area contributed by atoms with Gasteiger partial charge in [-0.25, -0.2) is 4.98 Å². The number of anilines is 1. The third-order valence-electron chi connectivity index (χ3n) is 3.76. The molecule has 1 atom stereocenters. The summed E-state index contributed by atoms with van der Waals surface area (Å²) in [5.41, 5.74) is 0.972. The highest BCUT2D eigenvalue weighted by atomic mass is 16.5. The second-order valence-electron chi connectivity index (χ2n) is 5.76. The molecule has 0 spiro atoms. The first-order valence-corrected chi connectivity index (χ1v) is 8.17. The Hall–Kier alpha value is -1.36. The molecule has 0 bridgehead atoms. The molecule has 21 heavy (non-hydrogen) atoms. The van der Waals surface area contributed by atoms with Crippen LogP contribution >= 0.6 is 0 Å². The number of piperidine rings is 1. The van der Waals surface area contributed by atoms with Gasteiger partial charge in [0.05, 0.1) is 6.61 Å². The summed E-state index contributed by atoms with van der Waals surface area (Å²) in [6.45, 7) is 11.2. The van der Waals surface area contributed by atoms with Crippen LogP contribution < -0.4 is 15.0 Å². The Bertz CT molecular complexity index is 438. The minimum absolute atomic E-state index is 0.683. The molecular formula is C16H28N4O. The van der Waals surface area contributed by atoms with Gasteiger partial charge in [0.25, 0.3) is 0 Å². The van der Waals surface area contributed by atoms with Crippen LogP contribution in [0.1, 0.15) is 38.8 Å². The van der Waals surface area contributed by atoms with E-state index in [1.807, 2.05) is 13.0 Å². The molecule has 0 saturated carbocycles. The highest BCUT2D eigenvalue weighted by Crippen LogP contribution is 2.22. The Labute approximate surface area is 128 Å². The van der Waals surface area contributed by atoms with Crippen molar-refractivity contribution in [3.63, 3.8) is 0 Å². The molecule has 118 valence electrons. The Morgan fingerprint density at radius 2 is 2.24 bits per heavy atom. The molecule has 1 aromatic heterocycles. The Balaban J connectivity index is 2.03. The van der Waals surface area contributed by atoms with Gasteiger partial charge in [0.1, 0.15) is 0 Å². The third kappa shape index (κ3) is 4.84. The normalized spacial score (nSPS) is 18.8. The second kappa shape index (κ2) is 8.17. The Morgan fingerprint density at radius 1 is 1.38 bits per heavy atom. The summed E-state index contributed by atoms with van der Waals surface area (Å²) in [6.07, 6.45) is 3.49. The van der Waals surface area contributed by atoms with Gasteiger partial charge in [-0.3, -0.25) is 0 Å². The van der Waals surface area contributed by atoms with Crippen LogP contribution in [0.15, 0.2) is 6.07 Å². The first-order chi connectivity index (χ1) is 10.2. The van der Waals surface area contributed by atoms with E-state index in [2.05, 4.69) is 34.0 Å². The van der Waals surface area contributed by atoms with E-state index in [0.29, 0.717) is 18.4 Å². The van der Waals surface area contributed by atoms with Crippen molar-refractivity contribution >= 4 is 5.95 Å². The number of hydrogen-bond donors (Lipinski definition) is 1. The lowest BCUT2D eigenvalue weighted by Gasteiger charge is -2.33. The summed E-state index contributed by atoms with van der Waals surface area (Å²) in [4.78, 5) is 11.5. The summed E-state index contributed by atoms with van der Waals surface area (Å²) in [6, 6.07) is 1.92.